The minimum atomic E-state index is 0.527. The molecule has 0 aliphatic heterocycles. The first-order valence-corrected chi connectivity index (χ1v) is 20.5. The van der Waals surface area contributed by atoms with Crippen molar-refractivity contribution in [3.8, 4) is 45.5 Å². The third-order valence-electron chi connectivity index (χ3n) is 12.1. The fourth-order valence-electron chi connectivity index (χ4n) is 9.39. The second-order valence-corrected chi connectivity index (χ2v) is 15.6. The largest absolute Gasteiger partial charge is 0.455 e. The first-order chi connectivity index (χ1) is 30.2. The van der Waals surface area contributed by atoms with Crippen LogP contribution in [0.25, 0.3) is 122 Å². The van der Waals surface area contributed by atoms with Crippen LogP contribution in [0.3, 0.4) is 0 Å². The van der Waals surface area contributed by atoms with Gasteiger partial charge in [-0.2, -0.15) is 0 Å². The molecule has 0 amide bonds. The van der Waals surface area contributed by atoms with Crippen molar-refractivity contribution in [3.05, 3.63) is 200 Å². The van der Waals surface area contributed by atoms with Gasteiger partial charge in [0.15, 0.2) is 17.5 Å². The second-order valence-electron chi connectivity index (χ2n) is 15.6. The molecule has 284 valence electrons. The monoisotopic (exact) mass is 779 g/mol. The van der Waals surface area contributed by atoms with Gasteiger partial charge in [0.1, 0.15) is 11.2 Å². The smallest absolute Gasteiger partial charge is 0.170 e. The Kier molecular flexibility index (Phi) is 7.21. The van der Waals surface area contributed by atoms with E-state index in [1.165, 1.54) is 26.9 Å². The lowest BCUT2D eigenvalue weighted by atomic mass is 10.0. The number of hydrogen-bond acceptors (Lipinski definition) is 4. The first-order valence-electron chi connectivity index (χ1n) is 20.5. The van der Waals surface area contributed by atoms with E-state index in [2.05, 4.69) is 179 Å². The highest BCUT2D eigenvalue weighted by atomic mass is 16.3. The van der Waals surface area contributed by atoms with Gasteiger partial charge in [-0.25, -0.2) is 15.0 Å². The molecule has 0 aliphatic rings. The van der Waals surface area contributed by atoms with E-state index < -0.39 is 0 Å². The summed E-state index contributed by atoms with van der Waals surface area (Å²) in [7, 11) is 0. The Morgan fingerprint density at radius 1 is 0.344 bits per heavy atom. The fourth-order valence-corrected chi connectivity index (χ4v) is 9.39. The van der Waals surface area contributed by atoms with E-state index in [0.717, 1.165) is 77.5 Å². The molecule has 6 nitrogen and oxygen atoms in total. The second kappa shape index (κ2) is 13.1. The lowest BCUT2D eigenvalue weighted by Crippen LogP contribution is -2.04. The molecule has 0 atom stereocenters. The number of hydrogen-bond donors (Lipinski definition) is 0. The topological polar surface area (TPSA) is 61.7 Å². The Bertz CT molecular complexity index is 3880. The normalized spacial score (nSPS) is 11.9. The van der Waals surface area contributed by atoms with Crippen molar-refractivity contribution in [1.29, 1.82) is 0 Å². The molecule has 0 N–H and O–H groups in total. The predicted octanol–water partition coefficient (Wildman–Crippen LogP) is 14.1. The number of nitrogens with zero attached hydrogens (tertiary/aromatic N) is 5. The summed E-state index contributed by atoms with van der Waals surface area (Å²) in [6, 6.07) is 70.2. The predicted molar refractivity (Wildman–Crippen MR) is 250 cm³/mol. The first kappa shape index (κ1) is 33.6. The zero-order chi connectivity index (χ0) is 40.0. The summed E-state index contributed by atoms with van der Waals surface area (Å²) in [6.07, 6.45) is 0. The molecule has 0 saturated heterocycles. The molecule has 0 radical (unpaired) electrons. The van der Waals surface area contributed by atoms with Gasteiger partial charge in [0.05, 0.1) is 33.3 Å². The third kappa shape index (κ3) is 5.12. The summed E-state index contributed by atoms with van der Waals surface area (Å²) in [5.74, 6) is 1.68. The van der Waals surface area contributed by atoms with Crippen LogP contribution in [0.5, 0.6) is 0 Å². The Morgan fingerprint density at radius 2 is 0.902 bits per heavy atom. The molecule has 0 saturated carbocycles. The minimum Gasteiger partial charge on any atom is -0.455 e. The van der Waals surface area contributed by atoms with Gasteiger partial charge in [0, 0.05) is 49.1 Å². The highest BCUT2D eigenvalue weighted by molar-refractivity contribution is 6.16. The molecule has 13 aromatic rings. The number of aromatic nitrogens is 5. The van der Waals surface area contributed by atoms with Crippen LogP contribution in [0.1, 0.15) is 0 Å². The molecule has 61 heavy (non-hydrogen) atoms. The molecule has 0 bridgehead atoms. The Hall–Kier alpha value is -8.35. The molecule has 0 spiro atoms. The summed E-state index contributed by atoms with van der Waals surface area (Å²) in [6.45, 7) is 0. The lowest BCUT2D eigenvalue weighted by Gasteiger charge is -2.15. The van der Waals surface area contributed by atoms with Gasteiger partial charge < -0.3 is 13.6 Å². The molecule has 4 heterocycles. The van der Waals surface area contributed by atoms with Gasteiger partial charge >= 0.3 is 0 Å². The average Bonchev–Trinajstić information content (AvgIpc) is 3.98. The van der Waals surface area contributed by atoms with Crippen molar-refractivity contribution in [3.63, 3.8) is 0 Å². The molecule has 13 rings (SSSR count). The van der Waals surface area contributed by atoms with Gasteiger partial charge in [-0.1, -0.05) is 140 Å². The Labute approximate surface area is 349 Å². The molecule has 0 unspecified atom stereocenters. The van der Waals surface area contributed by atoms with Crippen molar-refractivity contribution in [2.45, 2.75) is 0 Å². The van der Waals surface area contributed by atoms with Crippen molar-refractivity contribution >= 4 is 76.3 Å². The van der Waals surface area contributed by atoms with Crippen molar-refractivity contribution in [2.24, 2.45) is 0 Å². The number of para-hydroxylation sites is 4. The number of benzene rings is 9. The molecule has 4 aromatic heterocycles. The summed E-state index contributed by atoms with van der Waals surface area (Å²) in [4.78, 5) is 16.1. The van der Waals surface area contributed by atoms with Gasteiger partial charge in [-0.15, -0.1) is 0 Å². The van der Waals surface area contributed by atoms with Crippen LogP contribution in [0, 0.1) is 0 Å². The van der Waals surface area contributed by atoms with E-state index in [9.17, 15) is 0 Å². The van der Waals surface area contributed by atoms with E-state index in [-0.39, 0.29) is 0 Å². The van der Waals surface area contributed by atoms with Crippen molar-refractivity contribution in [2.75, 3.05) is 0 Å². The van der Waals surface area contributed by atoms with E-state index in [1.807, 2.05) is 30.3 Å². The number of rotatable bonds is 5. The third-order valence-corrected chi connectivity index (χ3v) is 12.1. The summed E-state index contributed by atoms with van der Waals surface area (Å²) >= 11 is 0. The molecule has 6 heteroatoms. The summed E-state index contributed by atoms with van der Waals surface area (Å²) in [5.41, 5.74) is 10.5. The van der Waals surface area contributed by atoms with Crippen LogP contribution in [0.4, 0.5) is 0 Å². The highest BCUT2D eigenvalue weighted by Gasteiger charge is 2.25. The van der Waals surface area contributed by atoms with Crippen molar-refractivity contribution < 1.29 is 4.42 Å². The number of fused-ring (bicyclic) bond motifs is 10. The van der Waals surface area contributed by atoms with E-state index >= 15 is 0 Å². The van der Waals surface area contributed by atoms with Crippen LogP contribution in [-0.2, 0) is 0 Å². The molecule has 0 fully saturated rings. The highest BCUT2D eigenvalue weighted by Crippen LogP contribution is 2.43. The van der Waals surface area contributed by atoms with Crippen LogP contribution >= 0.6 is 0 Å². The summed E-state index contributed by atoms with van der Waals surface area (Å²) < 4.78 is 11.6. The van der Waals surface area contributed by atoms with Gasteiger partial charge in [0.2, 0.25) is 0 Å². The van der Waals surface area contributed by atoms with Crippen molar-refractivity contribution in [1.82, 2.24) is 24.1 Å². The van der Waals surface area contributed by atoms with Gasteiger partial charge in [0.25, 0.3) is 0 Å². The number of furan rings is 1. The SMILES string of the molecule is c1ccc(-c2nc(-c3ccc4c5ccccc5n(-c5ccccc5)c4c3)nc(-c3c(-n4c5ccccc5c5cc6ccccc6cc54)ccc4c3oc3ccccc34)n2)cc1. The zero-order valence-corrected chi connectivity index (χ0v) is 32.7. The van der Waals surface area contributed by atoms with Crippen LogP contribution in [0.2, 0.25) is 0 Å². The maximum absolute atomic E-state index is 6.90. The standard InChI is InChI=1S/C55H33N5O/c1-3-15-34(16-4-1)53-56-54(37-27-28-41-39-21-9-12-24-45(39)59(48(41)33-37)38-19-5-2-6-20-38)58-55(57-53)51-47(30-29-43-42-23-11-14-26-50(42)61-52(43)51)60-46-25-13-10-22-40(46)44-31-35-17-7-8-18-36(35)32-49(44)60/h1-33H. The summed E-state index contributed by atoms with van der Waals surface area (Å²) in [5, 5.41) is 9.10. The Morgan fingerprint density at radius 3 is 1.69 bits per heavy atom. The molecule has 0 aliphatic carbocycles. The molecular weight excluding hydrogens is 747 g/mol. The maximum atomic E-state index is 6.90. The fraction of sp³-hybridized carbons (Fsp3) is 0. The lowest BCUT2D eigenvalue weighted by molar-refractivity contribution is 0.669. The molecular formula is C55H33N5O. The quantitative estimate of drug-likeness (QED) is 0.175. The zero-order valence-electron chi connectivity index (χ0n) is 32.7. The minimum absolute atomic E-state index is 0.527. The average molecular weight is 780 g/mol. The van der Waals surface area contributed by atoms with Gasteiger partial charge in [-0.3, -0.25) is 0 Å². The van der Waals surface area contributed by atoms with E-state index in [0.29, 0.717) is 17.5 Å². The van der Waals surface area contributed by atoms with E-state index in [4.69, 9.17) is 19.4 Å². The van der Waals surface area contributed by atoms with Crippen LogP contribution in [0.15, 0.2) is 205 Å². The van der Waals surface area contributed by atoms with Gasteiger partial charge in [-0.05, 0) is 71.4 Å². The van der Waals surface area contributed by atoms with E-state index in [1.54, 1.807) is 0 Å². The van der Waals surface area contributed by atoms with Crippen LogP contribution < -0.4 is 0 Å². The Balaban J connectivity index is 1.14. The van der Waals surface area contributed by atoms with Crippen LogP contribution in [-0.4, -0.2) is 24.1 Å². The maximum Gasteiger partial charge on any atom is 0.170 e. The molecule has 9 aromatic carbocycles.